The van der Waals surface area contributed by atoms with Crippen LogP contribution in [0.2, 0.25) is 0 Å². The molecule has 7 heteroatoms. The van der Waals surface area contributed by atoms with Crippen molar-refractivity contribution in [1.29, 1.82) is 0 Å². The molecule has 3 N–H and O–H groups in total. The Kier molecular flexibility index (Phi) is 5.57. The van der Waals surface area contributed by atoms with E-state index in [-0.39, 0.29) is 0 Å². The van der Waals surface area contributed by atoms with Gasteiger partial charge in [-0.1, -0.05) is 6.07 Å². The zero-order valence-electron chi connectivity index (χ0n) is 17.2. The number of rotatable bonds is 6. The fourth-order valence-electron chi connectivity index (χ4n) is 2.98. The highest BCUT2D eigenvalue weighted by atomic mass is 16.5. The molecule has 3 heterocycles. The fourth-order valence-corrected chi connectivity index (χ4v) is 2.98. The topological polar surface area (TPSA) is 103 Å². The molecule has 0 saturated carbocycles. The highest BCUT2D eigenvalue weighted by Crippen LogP contribution is 2.33. The van der Waals surface area contributed by atoms with Gasteiger partial charge in [-0.05, 0) is 67.9 Å². The molecule has 1 amide bonds. The molecular weight excluding hydrogens is 390 g/mol. The Hall–Kier alpha value is -4.26. The first kappa shape index (κ1) is 20.0. The maximum atomic E-state index is 11.2. The van der Waals surface area contributed by atoms with Crippen LogP contribution in [0.1, 0.15) is 21.6 Å². The van der Waals surface area contributed by atoms with E-state index in [2.05, 4.69) is 15.3 Å². The molecule has 0 bridgehead atoms. The van der Waals surface area contributed by atoms with Gasteiger partial charge < -0.3 is 15.8 Å². The number of nitrogens with two attached hydrogens (primary N) is 1. The number of aromatic nitrogens is 3. The Morgan fingerprint density at radius 3 is 2.48 bits per heavy atom. The number of ether oxygens (including phenoxy) is 1. The molecule has 4 rings (SSSR count). The Bertz CT molecular complexity index is 1220. The first-order valence-corrected chi connectivity index (χ1v) is 9.70. The molecule has 31 heavy (non-hydrogen) atoms. The first-order valence-electron chi connectivity index (χ1n) is 9.70. The number of anilines is 2. The molecule has 4 aromatic rings. The molecule has 0 aliphatic carbocycles. The summed E-state index contributed by atoms with van der Waals surface area (Å²) in [5.74, 6) is 1.35. The van der Waals surface area contributed by atoms with Crippen LogP contribution >= 0.6 is 0 Å². The summed E-state index contributed by atoms with van der Waals surface area (Å²) in [6, 6.07) is 18.1. The second-order valence-corrected chi connectivity index (χ2v) is 7.00. The molecule has 0 aliphatic heterocycles. The van der Waals surface area contributed by atoms with Gasteiger partial charge >= 0.3 is 0 Å². The van der Waals surface area contributed by atoms with Gasteiger partial charge in [-0.3, -0.25) is 9.78 Å². The molecule has 0 saturated heterocycles. The average molecular weight is 411 g/mol. The average Bonchev–Trinajstić information content (AvgIpc) is 2.77. The van der Waals surface area contributed by atoms with Gasteiger partial charge in [-0.15, -0.1) is 0 Å². The minimum atomic E-state index is -0.467. The minimum absolute atomic E-state index is 0.444. The number of pyridine rings is 3. The predicted molar refractivity (Wildman–Crippen MR) is 119 cm³/mol. The van der Waals surface area contributed by atoms with Crippen molar-refractivity contribution in [1.82, 2.24) is 15.0 Å². The number of carbonyl (C=O) groups excluding carboxylic acids is 1. The molecule has 0 atom stereocenters. The number of nitrogens with one attached hydrogen (secondary N) is 1. The van der Waals surface area contributed by atoms with Gasteiger partial charge in [-0.25, -0.2) is 9.97 Å². The second kappa shape index (κ2) is 8.62. The Balaban J connectivity index is 1.61. The molecule has 1 aromatic carbocycles. The van der Waals surface area contributed by atoms with Crippen molar-refractivity contribution in [2.75, 3.05) is 5.32 Å². The number of hydrogen-bond acceptors (Lipinski definition) is 6. The van der Waals surface area contributed by atoms with Crippen LogP contribution in [0.4, 0.5) is 11.5 Å². The number of carbonyl (C=O) groups is 1. The largest absolute Gasteiger partial charge is 0.455 e. The summed E-state index contributed by atoms with van der Waals surface area (Å²) in [5.41, 5.74) is 9.87. The highest BCUT2D eigenvalue weighted by Gasteiger charge is 2.13. The van der Waals surface area contributed by atoms with Crippen molar-refractivity contribution in [3.63, 3.8) is 0 Å². The van der Waals surface area contributed by atoms with Crippen molar-refractivity contribution in [2.24, 2.45) is 5.73 Å². The van der Waals surface area contributed by atoms with E-state index in [9.17, 15) is 4.79 Å². The van der Waals surface area contributed by atoms with E-state index >= 15 is 0 Å². The van der Waals surface area contributed by atoms with Gasteiger partial charge in [0.05, 0.1) is 5.69 Å². The number of benzene rings is 1. The summed E-state index contributed by atoms with van der Waals surface area (Å²) in [4.78, 5) is 24.7. The molecule has 154 valence electrons. The molecule has 0 fully saturated rings. The third-order valence-electron chi connectivity index (χ3n) is 4.74. The van der Waals surface area contributed by atoms with E-state index in [1.807, 2.05) is 38.1 Å². The van der Waals surface area contributed by atoms with Crippen LogP contribution in [-0.2, 0) is 0 Å². The summed E-state index contributed by atoms with van der Waals surface area (Å²) in [5, 5.41) is 3.19. The van der Waals surface area contributed by atoms with Crippen molar-refractivity contribution in [2.45, 2.75) is 13.8 Å². The number of primary amides is 1. The monoisotopic (exact) mass is 411 g/mol. The van der Waals surface area contributed by atoms with Crippen molar-refractivity contribution in [3.05, 3.63) is 89.9 Å². The van der Waals surface area contributed by atoms with E-state index in [0.29, 0.717) is 28.6 Å². The summed E-state index contributed by atoms with van der Waals surface area (Å²) >= 11 is 0. The second-order valence-electron chi connectivity index (χ2n) is 7.00. The van der Waals surface area contributed by atoms with Crippen LogP contribution in [0.15, 0.2) is 73.1 Å². The molecule has 0 unspecified atom stereocenters. The van der Waals surface area contributed by atoms with Crippen LogP contribution < -0.4 is 15.8 Å². The maximum Gasteiger partial charge on any atom is 0.248 e. The predicted octanol–water partition coefficient (Wildman–Crippen LogP) is 4.79. The van der Waals surface area contributed by atoms with Crippen LogP contribution in [-0.4, -0.2) is 20.9 Å². The SMILES string of the molecule is Cc1cc(Oc2ccnc(Nc3ccc(C(N)=O)cc3)c2)c(-c2ccccn2)nc1C. The molecule has 0 aliphatic rings. The zero-order valence-corrected chi connectivity index (χ0v) is 17.2. The highest BCUT2D eigenvalue weighted by molar-refractivity contribution is 5.93. The lowest BCUT2D eigenvalue weighted by molar-refractivity contribution is 0.100. The molecule has 0 radical (unpaired) electrons. The minimum Gasteiger partial charge on any atom is -0.455 e. The van der Waals surface area contributed by atoms with Crippen molar-refractivity contribution in [3.8, 4) is 22.9 Å². The molecular formula is C24H21N5O2. The standard InChI is InChI=1S/C24H21N5O2/c1-15-13-21(23(28-16(15)2)20-5-3-4-11-26-20)31-19-10-12-27-22(14-19)29-18-8-6-17(7-9-18)24(25)30/h3-14H,1-2H3,(H2,25,30)(H,27,29). The summed E-state index contributed by atoms with van der Waals surface area (Å²) in [6.07, 6.45) is 3.39. The molecule has 3 aromatic heterocycles. The lowest BCUT2D eigenvalue weighted by Crippen LogP contribution is -2.10. The summed E-state index contributed by atoms with van der Waals surface area (Å²) in [7, 11) is 0. The van der Waals surface area contributed by atoms with Gasteiger partial charge in [0.25, 0.3) is 0 Å². The lowest BCUT2D eigenvalue weighted by atomic mass is 10.1. The van der Waals surface area contributed by atoms with Gasteiger partial charge in [0, 0.05) is 35.4 Å². The fraction of sp³-hybridized carbons (Fsp3) is 0.0833. The van der Waals surface area contributed by atoms with Gasteiger partial charge in [0.2, 0.25) is 5.91 Å². The van der Waals surface area contributed by atoms with Crippen LogP contribution in [0.5, 0.6) is 11.5 Å². The van der Waals surface area contributed by atoms with E-state index in [0.717, 1.165) is 22.6 Å². The lowest BCUT2D eigenvalue weighted by Gasteiger charge is -2.13. The summed E-state index contributed by atoms with van der Waals surface area (Å²) < 4.78 is 6.19. The van der Waals surface area contributed by atoms with E-state index in [4.69, 9.17) is 15.5 Å². The number of aryl methyl sites for hydroxylation is 2. The molecule has 7 nitrogen and oxygen atoms in total. The van der Waals surface area contributed by atoms with Crippen molar-refractivity contribution >= 4 is 17.4 Å². The Morgan fingerprint density at radius 1 is 0.968 bits per heavy atom. The number of hydrogen-bond donors (Lipinski definition) is 2. The number of amides is 1. The third-order valence-corrected chi connectivity index (χ3v) is 4.74. The zero-order chi connectivity index (χ0) is 21.8. The Morgan fingerprint density at radius 2 is 1.77 bits per heavy atom. The smallest absolute Gasteiger partial charge is 0.248 e. The van der Waals surface area contributed by atoms with E-state index in [1.165, 1.54) is 0 Å². The first-order chi connectivity index (χ1) is 15.0. The van der Waals surface area contributed by atoms with E-state index in [1.54, 1.807) is 48.8 Å². The van der Waals surface area contributed by atoms with Gasteiger partial charge in [0.1, 0.15) is 17.3 Å². The number of nitrogens with zero attached hydrogens (tertiary/aromatic N) is 3. The van der Waals surface area contributed by atoms with Gasteiger partial charge in [0.15, 0.2) is 5.75 Å². The Labute approximate surface area is 180 Å². The van der Waals surface area contributed by atoms with Gasteiger partial charge in [-0.2, -0.15) is 0 Å². The van der Waals surface area contributed by atoms with Crippen LogP contribution in [0, 0.1) is 13.8 Å². The molecule has 0 spiro atoms. The van der Waals surface area contributed by atoms with E-state index < -0.39 is 5.91 Å². The normalized spacial score (nSPS) is 10.5. The van der Waals surface area contributed by atoms with Crippen molar-refractivity contribution < 1.29 is 9.53 Å². The van der Waals surface area contributed by atoms with Crippen LogP contribution in [0.3, 0.4) is 0 Å². The van der Waals surface area contributed by atoms with Crippen LogP contribution in [0.25, 0.3) is 11.4 Å². The third kappa shape index (κ3) is 4.67. The maximum absolute atomic E-state index is 11.2. The quantitative estimate of drug-likeness (QED) is 0.473. The summed E-state index contributed by atoms with van der Waals surface area (Å²) in [6.45, 7) is 3.95.